The molecule has 0 amide bonds. The van der Waals surface area contributed by atoms with Crippen LogP contribution in [-0.2, 0) is 9.53 Å². The second-order valence-corrected chi connectivity index (χ2v) is 5.11. The molecule has 4 nitrogen and oxygen atoms in total. The van der Waals surface area contributed by atoms with E-state index in [0.29, 0.717) is 16.4 Å². The van der Waals surface area contributed by atoms with Gasteiger partial charge in [0.15, 0.2) is 0 Å². The maximum Gasteiger partial charge on any atom is 0.335 e. The van der Waals surface area contributed by atoms with E-state index in [0.717, 1.165) is 5.56 Å². The third kappa shape index (κ3) is 3.40. The molecule has 0 aromatic heterocycles. The maximum atomic E-state index is 11.9. The van der Waals surface area contributed by atoms with Gasteiger partial charge in [0.25, 0.3) is 0 Å². The van der Waals surface area contributed by atoms with E-state index in [1.807, 2.05) is 36.4 Å². The highest BCUT2D eigenvalue weighted by Gasteiger charge is 2.24. The largest absolute Gasteiger partial charge is 0.466 e. The number of nitrogen functional groups attached to an aromatic ring is 1. The number of methoxy groups -OCH3 is 1. The lowest BCUT2D eigenvalue weighted by atomic mass is 9.99. The molecule has 0 saturated heterocycles. The summed E-state index contributed by atoms with van der Waals surface area (Å²) >= 11 is 6.25. The van der Waals surface area contributed by atoms with Crippen LogP contribution in [0.3, 0.4) is 0 Å². The maximum absolute atomic E-state index is 11.9. The van der Waals surface area contributed by atoms with E-state index in [9.17, 15) is 4.79 Å². The Morgan fingerprint density at radius 2 is 1.86 bits per heavy atom. The number of anilines is 2. The molecule has 0 fully saturated rings. The predicted molar refractivity (Wildman–Crippen MR) is 89.8 cm³/mol. The third-order valence-electron chi connectivity index (χ3n) is 3.27. The summed E-state index contributed by atoms with van der Waals surface area (Å²) in [5.74, 6) is -0.507. The van der Waals surface area contributed by atoms with Gasteiger partial charge in [0.1, 0.15) is 0 Å². The van der Waals surface area contributed by atoms with Crippen molar-refractivity contribution in [3.05, 3.63) is 71.3 Å². The molecule has 2 rings (SSSR count). The SMILES string of the molecule is C=C(C(=O)OC)C(Nc1ccccc1N)c1ccccc1Cl. The quantitative estimate of drug-likeness (QED) is 0.500. The zero-order valence-corrected chi connectivity index (χ0v) is 12.9. The molecule has 2 aromatic carbocycles. The van der Waals surface area contributed by atoms with Crippen molar-refractivity contribution in [1.82, 2.24) is 0 Å². The molecule has 5 heteroatoms. The monoisotopic (exact) mass is 316 g/mol. The van der Waals surface area contributed by atoms with Gasteiger partial charge in [-0.2, -0.15) is 0 Å². The highest BCUT2D eigenvalue weighted by molar-refractivity contribution is 6.31. The second kappa shape index (κ2) is 7.00. The van der Waals surface area contributed by atoms with Crippen molar-refractivity contribution in [2.75, 3.05) is 18.2 Å². The number of carbonyl (C=O) groups is 1. The Morgan fingerprint density at radius 3 is 2.50 bits per heavy atom. The van der Waals surface area contributed by atoms with Gasteiger partial charge in [0.2, 0.25) is 0 Å². The van der Waals surface area contributed by atoms with Gasteiger partial charge in [0, 0.05) is 5.02 Å². The average Bonchev–Trinajstić information content (AvgIpc) is 2.53. The number of nitrogens with one attached hydrogen (secondary N) is 1. The van der Waals surface area contributed by atoms with Crippen molar-refractivity contribution in [2.24, 2.45) is 0 Å². The van der Waals surface area contributed by atoms with Crippen LogP contribution in [-0.4, -0.2) is 13.1 Å². The highest BCUT2D eigenvalue weighted by Crippen LogP contribution is 2.32. The molecule has 0 heterocycles. The van der Waals surface area contributed by atoms with E-state index in [1.54, 1.807) is 12.1 Å². The van der Waals surface area contributed by atoms with Gasteiger partial charge in [-0.25, -0.2) is 4.79 Å². The van der Waals surface area contributed by atoms with Gasteiger partial charge in [-0.05, 0) is 23.8 Å². The van der Waals surface area contributed by atoms with Crippen LogP contribution in [0.15, 0.2) is 60.7 Å². The first-order valence-corrected chi connectivity index (χ1v) is 7.05. The Bertz CT molecular complexity index is 701. The topological polar surface area (TPSA) is 64.3 Å². The number of carbonyl (C=O) groups excluding carboxylic acids is 1. The van der Waals surface area contributed by atoms with Crippen molar-refractivity contribution in [2.45, 2.75) is 6.04 Å². The van der Waals surface area contributed by atoms with Crippen molar-refractivity contribution in [3.8, 4) is 0 Å². The van der Waals surface area contributed by atoms with Crippen LogP contribution in [0.2, 0.25) is 5.02 Å². The summed E-state index contributed by atoms with van der Waals surface area (Å²) < 4.78 is 4.77. The van der Waals surface area contributed by atoms with E-state index in [2.05, 4.69) is 11.9 Å². The summed E-state index contributed by atoms with van der Waals surface area (Å²) in [6.07, 6.45) is 0. The fraction of sp³-hybridized carbons (Fsp3) is 0.118. The van der Waals surface area contributed by atoms with E-state index in [-0.39, 0.29) is 5.57 Å². The molecular weight excluding hydrogens is 300 g/mol. The number of para-hydroxylation sites is 2. The van der Waals surface area contributed by atoms with Gasteiger partial charge in [-0.3, -0.25) is 0 Å². The van der Waals surface area contributed by atoms with Crippen LogP contribution in [0.5, 0.6) is 0 Å². The molecule has 2 aromatic rings. The molecule has 0 aliphatic rings. The lowest BCUT2D eigenvalue weighted by Crippen LogP contribution is -2.20. The Morgan fingerprint density at radius 1 is 1.23 bits per heavy atom. The number of rotatable bonds is 5. The molecule has 0 spiro atoms. The molecule has 1 atom stereocenters. The number of ether oxygens (including phenoxy) is 1. The van der Waals surface area contributed by atoms with Crippen LogP contribution in [0.25, 0.3) is 0 Å². The first-order valence-electron chi connectivity index (χ1n) is 6.67. The zero-order valence-electron chi connectivity index (χ0n) is 12.2. The lowest BCUT2D eigenvalue weighted by molar-refractivity contribution is -0.136. The summed E-state index contributed by atoms with van der Waals surface area (Å²) in [5, 5.41) is 3.74. The summed E-state index contributed by atoms with van der Waals surface area (Å²) in [7, 11) is 1.31. The van der Waals surface area contributed by atoms with Crippen LogP contribution in [0.1, 0.15) is 11.6 Å². The molecule has 1 unspecified atom stereocenters. The fourth-order valence-electron chi connectivity index (χ4n) is 2.09. The van der Waals surface area contributed by atoms with Crippen LogP contribution in [0, 0.1) is 0 Å². The van der Waals surface area contributed by atoms with E-state index >= 15 is 0 Å². The standard InChI is InChI=1S/C17H17ClN2O2/c1-11(17(21)22-2)16(12-7-3-4-8-13(12)18)20-15-10-6-5-9-14(15)19/h3-10,16,20H,1,19H2,2H3. The molecule has 0 aliphatic carbocycles. The Hall–Kier alpha value is -2.46. The highest BCUT2D eigenvalue weighted by atomic mass is 35.5. The molecule has 3 N–H and O–H groups in total. The summed E-state index contributed by atoms with van der Waals surface area (Å²) in [5.41, 5.74) is 8.19. The van der Waals surface area contributed by atoms with Gasteiger partial charge < -0.3 is 15.8 Å². The molecule has 22 heavy (non-hydrogen) atoms. The van der Waals surface area contributed by atoms with Crippen molar-refractivity contribution in [1.29, 1.82) is 0 Å². The van der Waals surface area contributed by atoms with Crippen molar-refractivity contribution in [3.63, 3.8) is 0 Å². The molecule has 0 aliphatic heterocycles. The Labute approximate surface area is 134 Å². The van der Waals surface area contributed by atoms with E-state index < -0.39 is 12.0 Å². The van der Waals surface area contributed by atoms with Gasteiger partial charge in [-0.1, -0.05) is 48.5 Å². The van der Waals surface area contributed by atoms with E-state index in [1.165, 1.54) is 7.11 Å². The lowest BCUT2D eigenvalue weighted by Gasteiger charge is -2.23. The molecule has 0 radical (unpaired) electrons. The van der Waals surface area contributed by atoms with Gasteiger partial charge >= 0.3 is 5.97 Å². The molecule has 0 bridgehead atoms. The number of benzene rings is 2. The second-order valence-electron chi connectivity index (χ2n) is 4.70. The van der Waals surface area contributed by atoms with Crippen LogP contribution in [0.4, 0.5) is 11.4 Å². The van der Waals surface area contributed by atoms with E-state index in [4.69, 9.17) is 22.1 Å². The molecule has 0 saturated carbocycles. The van der Waals surface area contributed by atoms with Gasteiger partial charge in [0.05, 0.1) is 30.1 Å². The number of hydrogen-bond acceptors (Lipinski definition) is 4. The summed E-state index contributed by atoms with van der Waals surface area (Å²) in [6.45, 7) is 3.83. The van der Waals surface area contributed by atoms with Gasteiger partial charge in [-0.15, -0.1) is 0 Å². The summed E-state index contributed by atoms with van der Waals surface area (Å²) in [4.78, 5) is 11.9. The summed E-state index contributed by atoms with van der Waals surface area (Å²) in [6, 6.07) is 14.0. The Kier molecular flexibility index (Phi) is 5.07. The molecule has 114 valence electrons. The number of halogens is 1. The minimum Gasteiger partial charge on any atom is -0.466 e. The fourth-order valence-corrected chi connectivity index (χ4v) is 2.34. The number of nitrogens with two attached hydrogens (primary N) is 1. The van der Waals surface area contributed by atoms with Crippen LogP contribution >= 0.6 is 11.6 Å². The number of esters is 1. The Balaban J connectivity index is 2.43. The van der Waals surface area contributed by atoms with Crippen molar-refractivity contribution >= 4 is 28.9 Å². The average molecular weight is 317 g/mol. The first kappa shape index (κ1) is 15.9. The smallest absolute Gasteiger partial charge is 0.335 e. The molecular formula is C17H17ClN2O2. The van der Waals surface area contributed by atoms with Crippen LogP contribution < -0.4 is 11.1 Å². The minimum atomic E-state index is -0.536. The normalized spacial score (nSPS) is 11.5. The third-order valence-corrected chi connectivity index (χ3v) is 3.62. The first-order chi connectivity index (χ1) is 10.5. The van der Waals surface area contributed by atoms with Crippen molar-refractivity contribution < 1.29 is 9.53 Å². The zero-order chi connectivity index (χ0) is 16.1. The predicted octanol–water partition coefficient (Wildman–Crippen LogP) is 3.80. The minimum absolute atomic E-state index is 0.249. The number of hydrogen-bond donors (Lipinski definition) is 2.